The van der Waals surface area contributed by atoms with Gasteiger partial charge in [-0.2, -0.15) is 0 Å². The fraction of sp³-hybridized carbons (Fsp3) is 0.750. The summed E-state index contributed by atoms with van der Waals surface area (Å²) in [7, 11) is 0. The minimum atomic E-state index is -2.52. The van der Waals surface area contributed by atoms with Crippen molar-refractivity contribution >= 4 is 45.0 Å². The summed E-state index contributed by atoms with van der Waals surface area (Å²) in [5.74, 6) is 0.0776. The molecule has 0 aromatic heterocycles. The van der Waals surface area contributed by atoms with E-state index in [-0.39, 0.29) is 5.78 Å². The van der Waals surface area contributed by atoms with Gasteiger partial charge in [-0.1, -0.05) is 0 Å². The van der Waals surface area contributed by atoms with Gasteiger partial charge in [0.25, 0.3) is 0 Å². The first-order valence-corrected chi connectivity index (χ1v) is 7.72. The van der Waals surface area contributed by atoms with E-state index in [1.54, 1.807) is 0 Å². The Bertz CT molecular complexity index is 109. The first-order chi connectivity index (χ1) is 3.92. The Hall–Kier alpha value is 0.757. The zero-order chi connectivity index (χ0) is 7.49. The van der Waals surface area contributed by atoms with Crippen molar-refractivity contribution in [3.05, 3.63) is 0 Å². The maximum absolute atomic E-state index is 10.3. The molecule has 0 heterocycles. The maximum atomic E-state index is 10.3. The van der Waals surface area contributed by atoms with Crippen LogP contribution in [0.3, 0.4) is 0 Å². The summed E-state index contributed by atoms with van der Waals surface area (Å²) >= 11 is 16.5. The van der Waals surface area contributed by atoms with Crippen LogP contribution in [0, 0.1) is 0 Å². The molecule has 5 heteroatoms. The van der Waals surface area contributed by atoms with E-state index in [2.05, 4.69) is 0 Å². The minimum absolute atomic E-state index is 0.0776. The molecular weight excluding hydrogens is 198 g/mol. The highest BCUT2D eigenvalue weighted by atomic mass is 35.8. The van der Waals surface area contributed by atoms with Crippen molar-refractivity contribution in [2.45, 2.75) is 19.4 Å². The van der Waals surface area contributed by atoms with Crippen LogP contribution in [-0.2, 0) is 4.79 Å². The van der Waals surface area contributed by atoms with Crippen LogP contribution in [0.15, 0.2) is 0 Å². The Labute approximate surface area is 69.4 Å². The molecule has 9 heavy (non-hydrogen) atoms. The second kappa shape index (κ2) is 3.81. The van der Waals surface area contributed by atoms with Crippen molar-refractivity contribution in [2.75, 3.05) is 0 Å². The molecule has 0 atom stereocenters. The molecule has 0 N–H and O–H groups in total. The normalized spacial score (nSPS) is 11.6. The number of carbonyl (C=O) groups is 1. The van der Waals surface area contributed by atoms with Crippen molar-refractivity contribution < 1.29 is 4.79 Å². The molecule has 0 aromatic rings. The molecule has 0 aliphatic heterocycles. The Balaban J connectivity index is 3.39. The number of hydrogen-bond acceptors (Lipinski definition) is 1. The summed E-state index contributed by atoms with van der Waals surface area (Å²) in [5, 5.41) is 0. The van der Waals surface area contributed by atoms with Crippen molar-refractivity contribution in [2.24, 2.45) is 0 Å². The van der Waals surface area contributed by atoms with Crippen LogP contribution in [-0.4, -0.2) is 11.8 Å². The monoisotopic (exact) mass is 204 g/mol. The zero-order valence-electron chi connectivity index (χ0n) is 4.96. The van der Waals surface area contributed by atoms with Crippen molar-refractivity contribution in [1.29, 1.82) is 0 Å². The summed E-state index contributed by atoms with van der Waals surface area (Å²) in [5.41, 5.74) is 0. The van der Waals surface area contributed by atoms with Crippen LogP contribution in [0.1, 0.15) is 13.3 Å². The second-order valence-corrected chi connectivity index (χ2v) is 11.1. The number of hydrogen-bond donors (Lipinski definition) is 0. The third-order valence-electron chi connectivity index (χ3n) is 0.761. The lowest BCUT2D eigenvalue weighted by Gasteiger charge is -2.03. The Morgan fingerprint density at radius 3 is 2.00 bits per heavy atom. The van der Waals surface area contributed by atoms with Gasteiger partial charge in [0, 0.05) is 6.42 Å². The number of rotatable bonds is 3. The second-order valence-electron chi connectivity index (χ2n) is 1.82. The molecule has 0 fully saturated rings. The molecule has 0 unspecified atom stereocenters. The average molecular weight is 206 g/mol. The van der Waals surface area contributed by atoms with E-state index in [4.69, 9.17) is 33.2 Å². The fourth-order valence-corrected chi connectivity index (χ4v) is 1.80. The van der Waals surface area contributed by atoms with Gasteiger partial charge in [0.2, 0.25) is 0 Å². The molecule has 0 aromatic carbocycles. The molecule has 0 rings (SSSR count). The summed E-state index contributed by atoms with van der Waals surface area (Å²) in [6, 6.07) is -2.09. The van der Waals surface area contributed by atoms with Gasteiger partial charge >= 0.3 is 6.00 Å². The van der Waals surface area contributed by atoms with Crippen LogP contribution in [0.25, 0.3) is 0 Å². The maximum Gasteiger partial charge on any atom is 0.341 e. The van der Waals surface area contributed by atoms with Crippen molar-refractivity contribution in [3.8, 4) is 0 Å². The molecule has 0 spiro atoms. The summed E-state index contributed by atoms with van der Waals surface area (Å²) in [4.78, 5) is 10.3. The molecule has 0 amide bonds. The van der Waals surface area contributed by atoms with E-state index in [0.717, 1.165) is 0 Å². The van der Waals surface area contributed by atoms with Gasteiger partial charge in [0.15, 0.2) is 0 Å². The largest absolute Gasteiger partial charge is 0.341 e. The zero-order valence-corrected chi connectivity index (χ0v) is 8.22. The number of Topliss-reactive ketones (excluding diaryl/α,β-unsaturated/α-hetero) is 1. The Kier molecular flexibility index (Phi) is 4.13. The topological polar surface area (TPSA) is 17.1 Å². The van der Waals surface area contributed by atoms with E-state index >= 15 is 0 Å². The first kappa shape index (κ1) is 9.76. The number of ketones is 1. The molecule has 0 aliphatic rings. The van der Waals surface area contributed by atoms with E-state index in [0.29, 0.717) is 12.5 Å². The quantitative estimate of drug-likeness (QED) is 0.511. The van der Waals surface area contributed by atoms with E-state index in [1.165, 1.54) is 6.92 Å². The predicted molar refractivity (Wildman–Crippen MR) is 43.4 cm³/mol. The van der Waals surface area contributed by atoms with Crippen LogP contribution < -0.4 is 0 Å². The minimum Gasteiger partial charge on any atom is -0.300 e. The predicted octanol–water partition coefficient (Wildman–Crippen LogP) is 2.62. The van der Waals surface area contributed by atoms with Gasteiger partial charge in [-0.3, -0.25) is 0 Å². The summed E-state index contributed by atoms with van der Waals surface area (Å²) in [6.45, 7) is 1.49. The molecule has 0 saturated carbocycles. The number of carbonyl (C=O) groups excluding carboxylic acids is 1. The highest BCUT2D eigenvalue weighted by molar-refractivity contribution is 7.64. The molecule has 0 radical (unpaired) electrons. The van der Waals surface area contributed by atoms with Gasteiger partial charge in [-0.25, -0.2) is 0 Å². The molecule has 0 bridgehead atoms. The standard InChI is InChI=1S/C4H7Cl3OSi/c1-4(8)2-3-9(5,6)7/h2-3H2,1H3. The van der Waals surface area contributed by atoms with Gasteiger partial charge in [0.1, 0.15) is 5.78 Å². The van der Waals surface area contributed by atoms with Gasteiger partial charge in [0.05, 0.1) is 0 Å². The highest BCUT2D eigenvalue weighted by Gasteiger charge is 2.24. The Morgan fingerprint density at radius 1 is 1.44 bits per heavy atom. The summed E-state index contributed by atoms with van der Waals surface area (Å²) < 4.78 is 0. The molecule has 0 aliphatic carbocycles. The van der Waals surface area contributed by atoms with Crippen LogP contribution >= 0.6 is 33.2 Å². The Morgan fingerprint density at radius 2 is 1.89 bits per heavy atom. The first-order valence-electron chi connectivity index (χ1n) is 2.48. The van der Waals surface area contributed by atoms with E-state index in [1.807, 2.05) is 0 Å². The van der Waals surface area contributed by atoms with E-state index in [9.17, 15) is 4.79 Å². The molecule has 0 saturated heterocycles. The van der Waals surface area contributed by atoms with Gasteiger partial charge < -0.3 is 4.79 Å². The molecule has 1 nitrogen and oxygen atoms in total. The van der Waals surface area contributed by atoms with Gasteiger partial charge in [-0.15, -0.1) is 33.2 Å². The third kappa shape index (κ3) is 8.76. The fourth-order valence-electron chi connectivity index (χ4n) is 0.318. The average Bonchev–Trinajstić information content (AvgIpc) is 1.59. The summed E-state index contributed by atoms with van der Waals surface area (Å²) in [6.07, 6.45) is 0.392. The van der Waals surface area contributed by atoms with Gasteiger partial charge in [-0.05, 0) is 13.0 Å². The van der Waals surface area contributed by atoms with Crippen molar-refractivity contribution in [1.82, 2.24) is 0 Å². The SMILES string of the molecule is CC(=O)CC[Si](Cl)(Cl)Cl. The molecular formula is C4H7Cl3OSi. The molecule has 54 valence electrons. The third-order valence-corrected chi connectivity index (χ3v) is 3.28. The highest BCUT2D eigenvalue weighted by Crippen LogP contribution is 2.26. The lowest BCUT2D eigenvalue weighted by atomic mass is 10.4. The lowest BCUT2D eigenvalue weighted by molar-refractivity contribution is -0.116. The van der Waals surface area contributed by atoms with Crippen LogP contribution in [0.4, 0.5) is 0 Å². The van der Waals surface area contributed by atoms with E-state index < -0.39 is 6.00 Å². The van der Waals surface area contributed by atoms with Crippen LogP contribution in [0.5, 0.6) is 0 Å². The number of halogens is 3. The van der Waals surface area contributed by atoms with Crippen LogP contribution in [0.2, 0.25) is 6.04 Å². The lowest BCUT2D eigenvalue weighted by Crippen LogP contribution is -2.10. The van der Waals surface area contributed by atoms with Crippen molar-refractivity contribution in [3.63, 3.8) is 0 Å². The smallest absolute Gasteiger partial charge is 0.300 e.